The Bertz CT molecular complexity index is 218. The van der Waals surface area contributed by atoms with Crippen LogP contribution in [-0.4, -0.2) is 44.3 Å². The summed E-state index contributed by atoms with van der Waals surface area (Å²) in [6, 6.07) is 0. The summed E-state index contributed by atoms with van der Waals surface area (Å²) in [5, 5.41) is 0. The molecule has 0 radical (unpaired) electrons. The molecule has 0 saturated carbocycles. The molecule has 0 aromatic heterocycles. The molecule has 114 valence electrons. The van der Waals surface area contributed by atoms with Gasteiger partial charge in [-0.1, -0.05) is 13.8 Å². The van der Waals surface area contributed by atoms with E-state index in [4.69, 9.17) is 18.9 Å². The van der Waals surface area contributed by atoms with Gasteiger partial charge in [0.1, 0.15) is 6.10 Å². The molecule has 0 spiro atoms. The summed E-state index contributed by atoms with van der Waals surface area (Å²) in [6.07, 6.45) is 2.04. The van der Waals surface area contributed by atoms with Gasteiger partial charge < -0.3 is 18.9 Å². The molecule has 5 heteroatoms. The van der Waals surface area contributed by atoms with Crippen molar-refractivity contribution in [2.45, 2.75) is 65.8 Å². The quantitative estimate of drug-likeness (QED) is 0.429. The van der Waals surface area contributed by atoms with Gasteiger partial charge in [-0.2, -0.15) is 0 Å². The van der Waals surface area contributed by atoms with E-state index in [1.807, 2.05) is 13.8 Å². The second-order valence-corrected chi connectivity index (χ2v) is 4.65. The number of rotatable bonds is 11. The number of ether oxygens (including phenoxy) is 4. The van der Waals surface area contributed by atoms with Crippen molar-refractivity contribution in [2.75, 3.05) is 20.0 Å². The van der Waals surface area contributed by atoms with Crippen LogP contribution in [0.5, 0.6) is 0 Å². The van der Waals surface area contributed by atoms with Crippen molar-refractivity contribution in [3.8, 4) is 0 Å². The van der Waals surface area contributed by atoms with Gasteiger partial charge in [0.2, 0.25) is 0 Å². The summed E-state index contributed by atoms with van der Waals surface area (Å²) in [5.74, 6) is -0.357. The minimum absolute atomic E-state index is 0.0618. The van der Waals surface area contributed by atoms with Gasteiger partial charge in [0, 0.05) is 6.92 Å². The van der Waals surface area contributed by atoms with Crippen molar-refractivity contribution >= 4 is 5.97 Å². The minimum atomic E-state index is -0.357. The highest BCUT2D eigenvalue weighted by Gasteiger charge is 2.14. The van der Waals surface area contributed by atoms with Gasteiger partial charge in [-0.05, 0) is 26.7 Å². The van der Waals surface area contributed by atoms with Crippen molar-refractivity contribution in [2.24, 2.45) is 0 Å². The standard InChI is InChI=1S/C14H28O5/c1-6-11(3)16-8-14(9-17-12(4)7-2)19-10-18-13(5)15/h11-12,14H,6-10H2,1-5H3. The number of carbonyl (C=O) groups excluding carboxylic acids is 1. The van der Waals surface area contributed by atoms with Gasteiger partial charge >= 0.3 is 5.97 Å². The SMILES string of the molecule is CCC(C)OCC(COC(C)CC)OCOC(C)=O. The minimum Gasteiger partial charge on any atom is -0.439 e. The van der Waals surface area contributed by atoms with Gasteiger partial charge in [-0.3, -0.25) is 4.79 Å². The number of hydrogen-bond donors (Lipinski definition) is 0. The van der Waals surface area contributed by atoms with Crippen LogP contribution in [0.15, 0.2) is 0 Å². The normalized spacial score (nSPS) is 15.8. The van der Waals surface area contributed by atoms with E-state index in [0.717, 1.165) is 12.8 Å². The summed E-state index contributed by atoms with van der Waals surface area (Å²) in [4.78, 5) is 10.7. The average Bonchev–Trinajstić information content (AvgIpc) is 2.39. The number of esters is 1. The van der Waals surface area contributed by atoms with Crippen LogP contribution in [0.2, 0.25) is 0 Å². The summed E-state index contributed by atoms with van der Waals surface area (Å²) in [5.41, 5.74) is 0. The Hall–Kier alpha value is -0.650. The molecule has 0 bridgehead atoms. The molecule has 0 aromatic carbocycles. The highest BCUT2D eigenvalue weighted by atomic mass is 16.7. The highest BCUT2D eigenvalue weighted by Crippen LogP contribution is 2.04. The van der Waals surface area contributed by atoms with Gasteiger partial charge in [0.25, 0.3) is 0 Å². The lowest BCUT2D eigenvalue weighted by Gasteiger charge is -2.21. The Labute approximate surface area is 116 Å². The van der Waals surface area contributed by atoms with Crippen LogP contribution in [0.25, 0.3) is 0 Å². The molecule has 19 heavy (non-hydrogen) atoms. The highest BCUT2D eigenvalue weighted by molar-refractivity contribution is 5.65. The van der Waals surface area contributed by atoms with E-state index in [2.05, 4.69) is 13.8 Å². The smallest absolute Gasteiger partial charge is 0.304 e. The first-order valence-electron chi connectivity index (χ1n) is 6.97. The zero-order chi connectivity index (χ0) is 14.7. The molecular formula is C14H28O5. The largest absolute Gasteiger partial charge is 0.439 e. The molecule has 0 saturated heterocycles. The Kier molecular flexibility index (Phi) is 10.8. The number of carbonyl (C=O) groups is 1. The fourth-order valence-corrected chi connectivity index (χ4v) is 1.14. The molecule has 0 aliphatic heterocycles. The maximum atomic E-state index is 10.7. The molecule has 2 atom stereocenters. The predicted molar refractivity (Wildman–Crippen MR) is 72.9 cm³/mol. The third-order valence-corrected chi connectivity index (χ3v) is 2.85. The van der Waals surface area contributed by atoms with Crippen molar-refractivity contribution in [3.05, 3.63) is 0 Å². The lowest BCUT2D eigenvalue weighted by molar-refractivity contribution is -0.168. The van der Waals surface area contributed by atoms with Crippen molar-refractivity contribution < 1.29 is 23.7 Å². The lowest BCUT2D eigenvalue weighted by atomic mass is 10.3. The molecule has 0 heterocycles. The molecule has 2 unspecified atom stereocenters. The molecule has 0 aliphatic rings. The van der Waals surface area contributed by atoms with E-state index in [1.54, 1.807) is 0 Å². The van der Waals surface area contributed by atoms with E-state index in [0.29, 0.717) is 13.2 Å². The lowest BCUT2D eigenvalue weighted by Crippen LogP contribution is -2.30. The Morgan fingerprint density at radius 3 is 1.79 bits per heavy atom. The molecule has 0 fully saturated rings. The van der Waals surface area contributed by atoms with E-state index in [-0.39, 0.29) is 31.1 Å². The fraction of sp³-hybridized carbons (Fsp3) is 0.929. The van der Waals surface area contributed by atoms with Gasteiger partial charge in [0.15, 0.2) is 6.79 Å². The van der Waals surface area contributed by atoms with Crippen LogP contribution >= 0.6 is 0 Å². The molecule has 0 N–H and O–H groups in total. The maximum Gasteiger partial charge on any atom is 0.304 e. The molecule has 0 aromatic rings. The van der Waals surface area contributed by atoms with E-state index in [1.165, 1.54) is 6.92 Å². The topological polar surface area (TPSA) is 54.0 Å². The van der Waals surface area contributed by atoms with Crippen LogP contribution in [0.4, 0.5) is 0 Å². The second-order valence-electron chi connectivity index (χ2n) is 4.65. The predicted octanol–water partition coefficient (Wildman–Crippen LogP) is 2.52. The summed E-state index contributed by atoms with van der Waals surface area (Å²) in [6.45, 7) is 10.3. The van der Waals surface area contributed by atoms with Crippen molar-refractivity contribution in [1.29, 1.82) is 0 Å². The zero-order valence-corrected chi connectivity index (χ0v) is 12.8. The van der Waals surface area contributed by atoms with Crippen molar-refractivity contribution in [1.82, 2.24) is 0 Å². The molecule has 0 aliphatic carbocycles. The fourth-order valence-electron chi connectivity index (χ4n) is 1.14. The molecule has 5 nitrogen and oxygen atoms in total. The second kappa shape index (κ2) is 11.2. The monoisotopic (exact) mass is 276 g/mol. The Morgan fingerprint density at radius 1 is 0.947 bits per heavy atom. The summed E-state index contributed by atoms with van der Waals surface area (Å²) >= 11 is 0. The van der Waals surface area contributed by atoms with Crippen LogP contribution in [0.1, 0.15) is 47.5 Å². The first-order valence-corrected chi connectivity index (χ1v) is 6.97. The molecule has 0 rings (SSSR count). The maximum absolute atomic E-state index is 10.7. The third kappa shape index (κ3) is 10.9. The van der Waals surface area contributed by atoms with Gasteiger partial charge in [0.05, 0.1) is 25.4 Å². The first kappa shape index (κ1) is 18.4. The van der Waals surface area contributed by atoms with Crippen LogP contribution in [-0.2, 0) is 23.7 Å². The molecule has 0 amide bonds. The third-order valence-electron chi connectivity index (χ3n) is 2.85. The van der Waals surface area contributed by atoms with E-state index >= 15 is 0 Å². The van der Waals surface area contributed by atoms with Crippen molar-refractivity contribution in [3.63, 3.8) is 0 Å². The summed E-state index contributed by atoms with van der Waals surface area (Å²) in [7, 11) is 0. The van der Waals surface area contributed by atoms with E-state index in [9.17, 15) is 4.79 Å². The zero-order valence-electron chi connectivity index (χ0n) is 12.8. The van der Waals surface area contributed by atoms with Crippen LogP contribution < -0.4 is 0 Å². The van der Waals surface area contributed by atoms with Gasteiger partial charge in [-0.25, -0.2) is 0 Å². The molecular weight excluding hydrogens is 248 g/mol. The van der Waals surface area contributed by atoms with Crippen LogP contribution in [0, 0.1) is 0 Å². The van der Waals surface area contributed by atoms with Crippen LogP contribution in [0.3, 0.4) is 0 Å². The van der Waals surface area contributed by atoms with E-state index < -0.39 is 0 Å². The Morgan fingerprint density at radius 2 is 1.42 bits per heavy atom. The van der Waals surface area contributed by atoms with Gasteiger partial charge in [-0.15, -0.1) is 0 Å². The number of hydrogen-bond acceptors (Lipinski definition) is 5. The summed E-state index contributed by atoms with van der Waals surface area (Å²) < 4.78 is 21.5. The first-order chi connectivity index (χ1) is 8.99. The average molecular weight is 276 g/mol. The Balaban J connectivity index is 4.02.